The van der Waals surface area contributed by atoms with Crippen LogP contribution in [0.15, 0.2) is 30.3 Å². The number of phenolic OH excluding ortho intramolecular Hbond substituents is 1. The van der Waals surface area contributed by atoms with Crippen LogP contribution in [-0.2, 0) is 4.74 Å². The normalized spacial score (nSPS) is 11.4. The number of allylic oxidation sites excluding steroid dienone is 1. The number of unbranched alkanes of at least 4 members (excludes halogenated alkanes) is 1. The number of phenols is 1. The number of ether oxygens (including phenoxy) is 1. The molecule has 1 N–H and O–H groups in total. The first-order chi connectivity index (χ1) is 6.79. The summed E-state index contributed by atoms with van der Waals surface area (Å²) >= 11 is 0. The lowest BCUT2D eigenvalue weighted by Gasteiger charge is -2.07. The molecule has 2 nitrogen and oxygen atoms in total. The molecule has 0 saturated carbocycles. The predicted octanol–water partition coefficient (Wildman–Crippen LogP) is 3.18. The van der Waals surface area contributed by atoms with Gasteiger partial charge in [0.05, 0.1) is 12.7 Å². The summed E-state index contributed by atoms with van der Waals surface area (Å²) in [5.41, 5.74) is 0.753. The van der Waals surface area contributed by atoms with Crippen LogP contribution in [0.4, 0.5) is 0 Å². The Morgan fingerprint density at radius 2 is 2.14 bits per heavy atom. The van der Waals surface area contributed by atoms with E-state index in [4.69, 9.17) is 4.74 Å². The van der Waals surface area contributed by atoms with Gasteiger partial charge in [-0.15, -0.1) is 0 Å². The predicted molar refractivity (Wildman–Crippen MR) is 58.0 cm³/mol. The Hall–Kier alpha value is -1.44. The van der Waals surface area contributed by atoms with E-state index in [0.717, 1.165) is 24.2 Å². The number of methoxy groups -OCH3 is 1. The highest BCUT2D eigenvalue weighted by atomic mass is 16.5. The van der Waals surface area contributed by atoms with E-state index >= 15 is 0 Å². The van der Waals surface area contributed by atoms with Gasteiger partial charge in [-0.25, -0.2) is 0 Å². The smallest absolute Gasteiger partial charge is 0.126 e. The van der Waals surface area contributed by atoms with Crippen molar-refractivity contribution in [3.05, 3.63) is 35.9 Å². The highest BCUT2D eigenvalue weighted by molar-refractivity contribution is 5.65. The van der Waals surface area contributed by atoms with Crippen molar-refractivity contribution in [3.63, 3.8) is 0 Å². The zero-order valence-electron chi connectivity index (χ0n) is 8.66. The minimum atomic E-state index is 0.261. The first-order valence-corrected chi connectivity index (χ1v) is 4.82. The Morgan fingerprint density at radius 3 is 2.71 bits per heavy atom. The molecule has 0 fully saturated rings. The molecular formula is C12H16O2. The number of hydrogen-bond acceptors (Lipinski definition) is 2. The van der Waals surface area contributed by atoms with Crippen LogP contribution in [0.1, 0.15) is 25.3 Å². The SMILES string of the molecule is CCCC=C(OC)c1ccccc1O. The minimum Gasteiger partial charge on any atom is -0.507 e. The van der Waals surface area contributed by atoms with Gasteiger partial charge in [0.2, 0.25) is 0 Å². The molecule has 0 aliphatic carbocycles. The van der Waals surface area contributed by atoms with Crippen molar-refractivity contribution in [3.8, 4) is 5.75 Å². The molecule has 1 aromatic carbocycles. The maximum atomic E-state index is 9.59. The number of hydrogen-bond donors (Lipinski definition) is 1. The quantitative estimate of drug-likeness (QED) is 0.742. The number of aromatic hydroxyl groups is 1. The Morgan fingerprint density at radius 1 is 1.43 bits per heavy atom. The van der Waals surface area contributed by atoms with Crippen molar-refractivity contribution in [1.29, 1.82) is 0 Å². The third-order valence-electron chi connectivity index (χ3n) is 2.01. The average molecular weight is 192 g/mol. The van der Waals surface area contributed by atoms with E-state index < -0.39 is 0 Å². The molecule has 0 unspecified atom stereocenters. The first kappa shape index (κ1) is 10.6. The maximum absolute atomic E-state index is 9.59. The topological polar surface area (TPSA) is 29.5 Å². The molecule has 2 heteroatoms. The molecule has 0 atom stereocenters. The number of para-hydroxylation sites is 1. The standard InChI is InChI=1S/C12H16O2/c1-3-4-9-12(14-2)10-7-5-6-8-11(10)13/h5-9,13H,3-4H2,1-2H3. The van der Waals surface area contributed by atoms with Crippen molar-refractivity contribution < 1.29 is 9.84 Å². The molecule has 0 spiro atoms. The Balaban J connectivity index is 2.95. The van der Waals surface area contributed by atoms with Gasteiger partial charge in [0.1, 0.15) is 11.5 Å². The van der Waals surface area contributed by atoms with Crippen LogP contribution < -0.4 is 0 Å². The molecule has 0 aromatic heterocycles. The second-order valence-corrected chi connectivity index (χ2v) is 3.08. The second-order valence-electron chi connectivity index (χ2n) is 3.08. The summed E-state index contributed by atoms with van der Waals surface area (Å²) in [6, 6.07) is 7.19. The summed E-state index contributed by atoms with van der Waals surface area (Å²) in [6.45, 7) is 2.11. The van der Waals surface area contributed by atoms with Crippen LogP contribution in [0.25, 0.3) is 5.76 Å². The van der Waals surface area contributed by atoms with Crippen molar-refractivity contribution in [2.45, 2.75) is 19.8 Å². The molecular weight excluding hydrogens is 176 g/mol. The van der Waals surface area contributed by atoms with E-state index in [1.54, 1.807) is 19.2 Å². The summed E-state index contributed by atoms with van der Waals surface area (Å²) in [6.07, 6.45) is 4.02. The highest BCUT2D eigenvalue weighted by Crippen LogP contribution is 2.25. The molecule has 0 saturated heterocycles. The zero-order chi connectivity index (χ0) is 10.4. The first-order valence-electron chi connectivity index (χ1n) is 4.82. The maximum Gasteiger partial charge on any atom is 0.126 e. The summed E-state index contributed by atoms with van der Waals surface area (Å²) < 4.78 is 5.22. The Labute approximate surface area is 84.8 Å². The minimum absolute atomic E-state index is 0.261. The van der Waals surface area contributed by atoms with E-state index in [1.807, 2.05) is 18.2 Å². The highest BCUT2D eigenvalue weighted by Gasteiger charge is 2.05. The number of rotatable bonds is 4. The van der Waals surface area contributed by atoms with E-state index in [-0.39, 0.29) is 5.75 Å². The van der Waals surface area contributed by atoms with Gasteiger partial charge in [0.25, 0.3) is 0 Å². The average Bonchev–Trinajstić information content (AvgIpc) is 2.21. The van der Waals surface area contributed by atoms with Gasteiger partial charge in [0.15, 0.2) is 0 Å². The number of benzene rings is 1. The molecule has 0 aliphatic heterocycles. The van der Waals surface area contributed by atoms with Gasteiger partial charge in [-0.2, -0.15) is 0 Å². The largest absolute Gasteiger partial charge is 0.507 e. The summed E-state index contributed by atoms with van der Waals surface area (Å²) in [4.78, 5) is 0. The van der Waals surface area contributed by atoms with Gasteiger partial charge in [0, 0.05) is 0 Å². The lowest BCUT2D eigenvalue weighted by atomic mass is 10.1. The third kappa shape index (κ3) is 2.52. The molecule has 0 aliphatic rings. The molecule has 0 radical (unpaired) electrons. The molecule has 0 bridgehead atoms. The fraction of sp³-hybridized carbons (Fsp3) is 0.333. The lowest BCUT2D eigenvalue weighted by molar-refractivity contribution is 0.364. The monoisotopic (exact) mass is 192 g/mol. The Kier molecular flexibility index (Phi) is 4.05. The van der Waals surface area contributed by atoms with Crippen molar-refractivity contribution in [1.82, 2.24) is 0 Å². The van der Waals surface area contributed by atoms with Crippen LogP contribution in [0.5, 0.6) is 5.75 Å². The van der Waals surface area contributed by atoms with Crippen LogP contribution >= 0.6 is 0 Å². The lowest BCUT2D eigenvalue weighted by Crippen LogP contribution is -1.88. The second kappa shape index (κ2) is 5.32. The van der Waals surface area contributed by atoms with Crippen molar-refractivity contribution in [2.75, 3.05) is 7.11 Å². The van der Waals surface area contributed by atoms with Crippen molar-refractivity contribution in [2.24, 2.45) is 0 Å². The summed E-state index contributed by atoms with van der Waals surface area (Å²) in [7, 11) is 1.62. The van der Waals surface area contributed by atoms with Gasteiger partial charge in [-0.3, -0.25) is 0 Å². The molecule has 14 heavy (non-hydrogen) atoms. The van der Waals surface area contributed by atoms with Gasteiger partial charge in [-0.1, -0.05) is 25.5 Å². The van der Waals surface area contributed by atoms with E-state index in [2.05, 4.69) is 6.92 Å². The zero-order valence-corrected chi connectivity index (χ0v) is 8.66. The fourth-order valence-corrected chi connectivity index (χ4v) is 1.26. The van der Waals surface area contributed by atoms with Crippen LogP contribution in [-0.4, -0.2) is 12.2 Å². The third-order valence-corrected chi connectivity index (χ3v) is 2.01. The molecule has 1 rings (SSSR count). The summed E-state index contributed by atoms with van der Waals surface area (Å²) in [5, 5.41) is 9.59. The van der Waals surface area contributed by atoms with E-state index in [0.29, 0.717) is 0 Å². The van der Waals surface area contributed by atoms with Crippen LogP contribution in [0, 0.1) is 0 Å². The molecule has 1 aromatic rings. The van der Waals surface area contributed by atoms with Gasteiger partial charge < -0.3 is 9.84 Å². The fourth-order valence-electron chi connectivity index (χ4n) is 1.26. The molecule has 0 amide bonds. The van der Waals surface area contributed by atoms with E-state index in [9.17, 15) is 5.11 Å². The van der Waals surface area contributed by atoms with E-state index in [1.165, 1.54) is 0 Å². The van der Waals surface area contributed by atoms with Crippen LogP contribution in [0.3, 0.4) is 0 Å². The Bertz CT molecular complexity index is 316. The van der Waals surface area contributed by atoms with Gasteiger partial charge >= 0.3 is 0 Å². The van der Waals surface area contributed by atoms with Gasteiger partial charge in [-0.05, 0) is 24.6 Å². The molecule has 76 valence electrons. The van der Waals surface area contributed by atoms with Crippen LogP contribution in [0.2, 0.25) is 0 Å². The van der Waals surface area contributed by atoms with Crippen molar-refractivity contribution >= 4 is 5.76 Å². The summed E-state index contributed by atoms with van der Waals surface area (Å²) in [5.74, 6) is 1.00. The molecule has 0 heterocycles.